The maximum absolute atomic E-state index is 5.09. The predicted molar refractivity (Wildman–Crippen MR) is 69.8 cm³/mol. The molecule has 1 rings (SSSR count). The number of methoxy groups -OCH3 is 1. The zero-order valence-corrected chi connectivity index (χ0v) is 11.1. The molecular weight excluding hydrogens is 214 g/mol. The van der Waals surface area contributed by atoms with Crippen molar-refractivity contribution < 1.29 is 4.74 Å². The molecule has 86 valence electrons. The zero-order chi connectivity index (χ0) is 10.4. The van der Waals surface area contributed by atoms with Crippen LogP contribution in [0.2, 0.25) is 0 Å². The predicted octanol–water partition coefficient (Wildman–Crippen LogP) is 1.82. The van der Waals surface area contributed by atoms with Crippen LogP contribution in [0.25, 0.3) is 0 Å². The van der Waals surface area contributed by atoms with Gasteiger partial charge in [-0.05, 0) is 43.9 Å². The molecule has 0 amide bonds. The Balaban J connectivity index is 2.11. The second-order valence-electron chi connectivity index (χ2n) is 4.12. The van der Waals surface area contributed by atoms with Gasteiger partial charge in [0.25, 0.3) is 0 Å². The molecule has 0 aromatic carbocycles. The van der Waals surface area contributed by atoms with E-state index in [0.717, 1.165) is 19.1 Å². The lowest BCUT2D eigenvalue weighted by atomic mass is 9.99. The fourth-order valence-electron chi connectivity index (χ4n) is 1.99. The molecule has 0 N–H and O–H groups in total. The molecule has 0 bridgehead atoms. The highest BCUT2D eigenvalue weighted by Gasteiger charge is 2.18. The molecule has 4 heteroatoms. The number of piperidine rings is 1. The van der Waals surface area contributed by atoms with E-state index in [1.165, 1.54) is 31.7 Å². The first-order valence-electron chi connectivity index (χ1n) is 5.33. The van der Waals surface area contributed by atoms with Gasteiger partial charge in [0, 0.05) is 13.7 Å². The van der Waals surface area contributed by atoms with Crippen LogP contribution in [0.15, 0.2) is 0 Å². The summed E-state index contributed by atoms with van der Waals surface area (Å²) in [5.74, 6) is 2.28. The van der Waals surface area contributed by atoms with Crippen LogP contribution in [0, 0.1) is 5.92 Å². The van der Waals surface area contributed by atoms with Gasteiger partial charge in [0.15, 0.2) is 0 Å². The molecule has 1 heterocycles. The molecule has 0 aromatic rings. The number of hydrogen-bond acceptors (Lipinski definition) is 3. The molecule has 1 aliphatic heterocycles. The van der Waals surface area contributed by atoms with E-state index in [9.17, 15) is 0 Å². The minimum Gasteiger partial charge on any atom is -0.383 e. The number of rotatable bonds is 5. The fourth-order valence-corrected chi connectivity index (χ4v) is 3.79. The Morgan fingerprint density at radius 1 is 1.43 bits per heavy atom. The second kappa shape index (κ2) is 6.99. The largest absolute Gasteiger partial charge is 0.383 e. The average Bonchev–Trinajstić information content (AvgIpc) is 2.16. The highest BCUT2D eigenvalue weighted by molar-refractivity contribution is 8.77. The van der Waals surface area contributed by atoms with E-state index in [1.54, 1.807) is 7.11 Å². The first-order valence-corrected chi connectivity index (χ1v) is 8.46. The van der Waals surface area contributed by atoms with Crippen LogP contribution >= 0.6 is 21.6 Å². The van der Waals surface area contributed by atoms with Crippen molar-refractivity contribution >= 4 is 21.6 Å². The first-order chi connectivity index (χ1) is 6.72. The highest BCUT2D eigenvalue weighted by Crippen LogP contribution is 2.32. The van der Waals surface area contributed by atoms with Crippen molar-refractivity contribution in [2.45, 2.75) is 12.8 Å². The molecule has 0 aromatic heterocycles. The van der Waals surface area contributed by atoms with Crippen molar-refractivity contribution in [3.8, 4) is 0 Å². The van der Waals surface area contributed by atoms with Crippen LogP contribution in [0.1, 0.15) is 12.8 Å². The van der Waals surface area contributed by atoms with E-state index in [0.29, 0.717) is 0 Å². The van der Waals surface area contributed by atoms with Crippen molar-refractivity contribution in [1.82, 2.24) is 4.90 Å². The summed E-state index contributed by atoms with van der Waals surface area (Å²) in [5.41, 5.74) is 0. The van der Waals surface area contributed by atoms with Gasteiger partial charge in [-0.2, -0.15) is 0 Å². The number of thiol groups is 2. The van der Waals surface area contributed by atoms with E-state index in [2.05, 4.69) is 22.8 Å². The molecular formula is C10H23NOS2. The molecule has 2 nitrogen and oxygen atoms in total. The summed E-state index contributed by atoms with van der Waals surface area (Å²) in [5, 5.41) is 0. The van der Waals surface area contributed by atoms with Crippen molar-refractivity contribution in [1.29, 1.82) is 0 Å². The van der Waals surface area contributed by atoms with Gasteiger partial charge in [0.2, 0.25) is 0 Å². The van der Waals surface area contributed by atoms with Gasteiger partial charge >= 0.3 is 0 Å². The van der Waals surface area contributed by atoms with Crippen molar-refractivity contribution in [2.75, 3.05) is 45.4 Å². The number of ether oxygens (including phenoxy) is 1. The molecule has 0 saturated carbocycles. The molecule has 0 spiro atoms. The van der Waals surface area contributed by atoms with Crippen LogP contribution in [0.4, 0.5) is 0 Å². The minimum absolute atomic E-state index is 0.00268. The molecule has 1 aliphatic rings. The summed E-state index contributed by atoms with van der Waals surface area (Å²) in [6.45, 7) is 4.48. The Morgan fingerprint density at radius 3 is 2.57 bits per heavy atom. The van der Waals surface area contributed by atoms with E-state index < -0.39 is 0 Å². The SMILES string of the molecule is COCCN1CCC(C[SH](C)S)CC1. The Hall–Kier alpha value is 0.620. The van der Waals surface area contributed by atoms with Gasteiger partial charge in [-0.25, -0.2) is 9.93 Å². The third-order valence-corrected chi connectivity index (χ3v) is 4.38. The lowest BCUT2D eigenvalue weighted by Crippen LogP contribution is -2.36. The Bertz CT molecular complexity index is 147. The monoisotopic (exact) mass is 237 g/mol. The summed E-state index contributed by atoms with van der Waals surface area (Å²) in [4.78, 5) is 2.51. The Labute approximate surface area is 95.5 Å². The standard InChI is InChI=1S/C10H23NOS2/c1-12-8-7-11-5-3-10(4-6-11)9-14(2)13/h10,13-14H,3-9H2,1-2H3. The first kappa shape index (κ1) is 12.7. The van der Waals surface area contributed by atoms with E-state index in [-0.39, 0.29) is 9.93 Å². The van der Waals surface area contributed by atoms with Gasteiger partial charge in [-0.3, -0.25) is 0 Å². The van der Waals surface area contributed by atoms with Gasteiger partial charge in [0.1, 0.15) is 0 Å². The number of nitrogens with zero attached hydrogens (tertiary/aromatic N) is 1. The maximum Gasteiger partial charge on any atom is 0.0589 e. The molecule has 1 saturated heterocycles. The average molecular weight is 237 g/mol. The van der Waals surface area contributed by atoms with Gasteiger partial charge in [-0.1, -0.05) is 0 Å². The minimum atomic E-state index is 0.00268. The van der Waals surface area contributed by atoms with Crippen molar-refractivity contribution in [3.63, 3.8) is 0 Å². The topological polar surface area (TPSA) is 12.5 Å². The lowest BCUT2D eigenvalue weighted by Gasteiger charge is -2.32. The smallest absolute Gasteiger partial charge is 0.0589 e. The van der Waals surface area contributed by atoms with E-state index in [4.69, 9.17) is 4.74 Å². The van der Waals surface area contributed by atoms with Crippen LogP contribution in [0.5, 0.6) is 0 Å². The Kier molecular flexibility index (Phi) is 6.33. The Morgan fingerprint density at radius 2 is 2.07 bits per heavy atom. The molecule has 14 heavy (non-hydrogen) atoms. The third kappa shape index (κ3) is 4.91. The lowest BCUT2D eigenvalue weighted by molar-refractivity contribution is 0.124. The van der Waals surface area contributed by atoms with Crippen LogP contribution < -0.4 is 0 Å². The molecule has 1 unspecified atom stereocenters. The van der Waals surface area contributed by atoms with Crippen LogP contribution in [-0.2, 0) is 4.74 Å². The van der Waals surface area contributed by atoms with Crippen molar-refractivity contribution in [2.24, 2.45) is 5.92 Å². The quantitative estimate of drug-likeness (QED) is 0.559. The molecule has 1 fully saturated rings. The summed E-state index contributed by atoms with van der Waals surface area (Å²) in [7, 11) is 1.78. The van der Waals surface area contributed by atoms with Gasteiger partial charge in [-0.15, -0.1) is 11.7 Å². The van der Waals surface area contributed by atoms with Crippen LogP contribution in [0.3, 0.4) is 0 Å². The zero-order valence-electron chi connectivity index (χ0n) is 9.28. The summed E-state index contributed by atoms with van der Waals surface area (Å²) >= 11 is 4.52. The van der Waals surface area contributed by atoms with E-state index in [1.807, 2.05) is 0 Å². The number of hydrogen-bond donors (Lipinski definition) is 2. The summed E-state index contributed by atoms with van der Waals surface area (Å²) < 4.78 is 5.09. The van der Waals surface area contributed by atoms with Gasteiger partial charge in [0.05, 0.1) is 6.61 Å². The van der Waals surface area contributed by atoms with Crippen molar-refractivity contribution in [3.05, 3.63) is 0 Å². The molecule has 0 radical (unpaired) electrons. The second-order valence-corrected chi connectivity index (χ2v) is 7.85. The maximum atomic E-state index is 5.09. The summed E-state index contributed by atoms with van der Waals surface area (Å²) in [6, 6.07) is 0. The number of likely N-dealkylation sites (tertiary alicyclic amines) is 1. The normalized spacial score (nSPS) is 23.8. The van der Waals surface area contributed by atoms with Crippen LogP contribution in [-0.4, -0.2) is 50.3 Å². The van der Waals surface area contributed by atoms with E-state index >= 15 is 0 Å². The third-order valence-electron chi connectivity index (χ3n) is 2.84. The molecule has 1 atom stereocenters. The summed E-state index contributed by atoms with van der Waals surface area (Å²) in [6.07, 6.45) is 4.98. The molecule has 0 aliphatic carbocycles. The van der Waals surface area contributed by atoms with Gasteiger partial charge < -0.3 is 9.64 Å². The fraction of sp³-hybridized carbons (Fsp3) is 1.00. The highest BCUT2D eigenvalue weighted by atomic mass is 33.1.